The van der Waals surface area contributed by atoms with Crippen LogP contribution >= 0.6 is 11.3 Å². The van der Waals surface area contributed by atoms with Gasteiger partial charge in [0, 0.05) is 12.6 Å². The van der Waals surface area contributed by atoms with Crippen molar-refractivity contribution in [2.75, 3.05) is 12.3 Å². The van der Waals surface area contributed by atoms with Crippen LogP contribution in [0.1, 0.15) is 12.8 Å². The van der Waals surface area contributed by atoms with E-state index >= 15 is 0 Å². The van der Waals surface area contributed by atoms with Gasteiger partial charge in [-0.1, -0.05) is 6.07 Å². The van der Waals surface area contributed by atoms with E-state index in [0.717, 1.165) is 4.21 Å². The summed E-state index contributed by atoms with van der Waals surface area (Å²) in [7, 11) is -1.05. The summed E-state index contributed by atoms with van der Waals surface area (Å²) in [5.41, 5.74) is 0. The fourth-order valence-electron chi connectivity index (χ4n) is 1.30. The fraction of sp³-hybridized carbons (Fsp3) is 0.600. The Balaban J connectivity index is 1.72. The van der Waals surface area contributed by atoms with E-state index in [4.69, 9.17) is 0 Å². The Kier molecular flexibility index (Phi) is 3.91. The van der Waals surface area contributed by atoms with Gasteiger partial charge in [0.15, 0.2) is 0 Å². The average molecular weight is 245 g/mol. The smallest absolute Gasteiger partial charge is 0.0911 e. The molecule has 15 heavy (non-hydrogen) atoms. The van der Waals surface area contributed by atoms with Crippen molar-refractivity contribution < 1.29 is 9.32 Å². The molecular formula is C10H15NO2S2. The maximum atomic E-state index is 11.7. The van der Waals surface area contributed by atoms with Gasteiger partial charge in [0.2, 0.25) is 0 Å². The Hall–Kier alpha value is -0.230. The van der Waals surface area contributed by atoms with Crippen LogP contribution in [0.15, 0.2) is 21.7 Å². The highest BCUT2D eigenvalue weighted by Gasteiger charge is 2.22. The van der Waals surface area contributed by atoms with E-state index in [9.17, 15) is 9.32 Å². The first kappa shape index (κ1) is 11.3. The molecule has 0 amide bonds. The largest absolute Gasteiger partial charge is 0.391 e. The maximum Gasteiger partial charge on any atom is 0.0911 e. The first-order valence-corrected chi connectivity index (χ1v) is 7.29. The molecule has 0 radical (unpaired) electrons. The van der Waals surface area contributed by atoms with Gasteiger partial charge in [0.05, 0.1) is 26.9 Å². The van der Waals surface area contributed by atoms with Crippen molar-refractivity contribution in [1.29, 1.82) is 0 Å². The highest BCUT2D eigenvalue weighted by molar-refractivity contribution is 7.87. The number of rotatable bonds is 6. The molecule has 1 aliphatic carbocycles. The molecule has 0 aromatic carbocycles. The first-order valence-electron chi connectivity index (χ1n) is 5.09. The van der Waals surface area contributed by atoms with E-state index < -0.39 is 16.9 Å². The predicted octanol–water partition coefficient (Wildman–Crippen LogP) is 0.969. The molecule has 0 bridgehead atoms. The van der Waals surface area contributed by atoms with Crippen molar-refractivity contribution >= 4 is 22.1 Å². The van der Waals surface area contributed by atoms with Gasteiger partial charge in [0.1, 0.15) is 0 Å². The molecule has 84 valence electrons. The van der Waals surface area contributed by atoms with Crippen molar-refractivity contribution in [2.24, 2.45) is 0 Å². The summed E-state index contributed by atoms with van der Waals surface area (Å²) in [6.45, 7) is 0.557. The summed E-state index contributed by atoms with van der Waals surface area (Å²) in [6.07, 6.45) is 1.91. The number of hydrogen-bond donors (Lipinski definition) is 2. The highest BCUT2D eigenvalue weighted by atomic mass is 32.2. The molecule has 3 nitrogen and oxygen atoms in total. The van der Waals surface area contributed by atoms with Gasteiger partial charge >= 0.3 is 0 Å². The molecule has 1 fully saturated rings. The minimum Gasteiger partial charge on any atom is -0.391 e. The molecule has 1 aliphatic rings. The Morgan fingerprint density at radius 2 is 2.47 bits per heavy atom. The summed E-state index contributed by atoms with van der Waals surface area (Å²) >= 11 is 1.48. The zero-order valence-corrected chi connectivity index (χ0v) is 10.0. The second-order valence-corrected chi connectivity index (χ2v) is 6.45. The van der Waals surface area contributed by atoms with Gasteiger partial charge in [0.25, 0.3) is 0 Å². The van der Waals surface area contributed by atoms with Crippen LogP contribution in [0.5, 0.6) is 0 Å². The third-order valence-corrected chi connectivity index (χ3v) is 5.06. The molecule has 0 spiro atoms. The van der Waals surface area contributed by atoms with Gasteiger partial charge in [-0.25, -0.2) is 0 Å². The lowest BCUT2D eigenvalue weighted by Gasteiger charge is -2.10. The molecule has 1 heterocycles. The molecule has 1 aromatic rings. The van der Waals surface area contributed by atoms with E-state index in [1.807, 2.05) is 17.5 Å². The molecule has 1 aromatic heterocycles. The number of thiophene rings is 1. The van der Waals surface area contributed by atoms with Gasteiger partial charge in [-0.05, 0) is 24.3 Å². The van der Waals surface area contributed by atoms with Crippen molar-refractivity contribution in [3.05, 3.63) is 17.5 Å². The number of hydrogen-bond acceptors (Lipinski definition) is 4. The lowest BCUT2D eigenvalue weighted by atomic mass is 10.4. The predicted molar refractivity (Wildman–Crippen MR) is 62.6 cm³/mol. The normalized spacial score (nSPS) is 20.1. The van der Waals surface area contributed by atoms with Crippen LogP contribution in [-0.4, -0.2) is 33.8 Å². The quantitative estimate of drug-likeness (QED) is 0.785. The van der Waals surface area contributed by atoms with E-state index in [2.05, 4.69) is 5.32 Å². The molecule has 0 saturated heterocycles. The van der Waals surface area contributed by atoms with Crippen molar-refractivity contribution in [3.63, 3.8) is 0 Å². The molecule has 2 atom stereocenters. The second kappa shape index (κ2) is 5.21. The summed E-state index contributed by atoms with van der Waals surface area (Å²) in [5, 5.41) is 14.8. The minimum absolute atomic E-state index is 0.334. The van der Waals surface area contributed by atoms with Crippen LogP contribution in [0, 0.1) is 0 Å². The van der Waals surface area contributed by atoms with Crippen molar-refractivity contribution in [2.45, 2.75) is 29.2 Å². The van der Waals surface area contributed by atoms with Crippen LogP contribution in [-0.2, 0) is 10.8 Å². The van der Waals surface area contributed by atoms with Crippen molar-refractivity contribution in [3.8, 4) is 0 Å². The molecule has 5 heteroatoms. The van der Waals surface area contributed by atoms with Crippen LogP contribution in [0.3, 0.4) is 0 Å². The van der Waals surface area contributed by atoms with E-state index in [1.165, 1.54) is 24.2 Å². The van der Waals surface area contributed by atoms with Crippen LogP contribution in [0.2, 0.25) is 0 Å². The van der Waals surface area contributed by atoms with Crippen LogP contribution in [0.25, 0.3) is 0 Å². The molecule has 2 N–H and O–H groups in total. The SMILES string of the molecule is O=S(CC(O)CNC1CC1)c1cccs1. The summed E-state index contributed by atoms with van der Waals surface area (Å²) in [4.78, 5) is 0. The fourth-order valence-corrected chi connectivity index (χ4v) is 3.41. The van der Waals surface area contributed by atoms with E-state index in [1.54, 1.807) is 0 Å². The zero-order chi connectivity index (χ0) is 10.7. The summed E-state index contributed by atoms with van der Waals surface area (Å²) in [6, 6.07) is 4.32. The zero-order valence-electron chi connectivity index (χ0n) is 8.39. The Labute approximate surface area is 96.0 Å². The molecule has 0 aliphatic heterocycles. The van der Waals surface area contributed by atoms with Gasteiger partial charge in [-0.2, -0.15) is 0 Å². The monoisotopic (exact) mass is 245 g/mol. The van der Waals surface area contributed by atoms with Gasteiger partial charge < -0.3 is 10.4 Å². The maximum absolute atomic E-state index is 11.7. The molecule has 2 unspecified atom stereocenters. The summed E-state index contributed by atoms with van der Waals surface area (Å²) < 4.78 is 12.6. The summed E-state index contributed by atoms with van der Waals surface area (Å²) in [5.74, 6) is 0.334. The third-order valence-electron chi connectivity index (χ3n) is 2.28. The second-order valence-electron chi connectivity index (χ2n) is 3.78. The number of nitrogens with one attached hydrogen (secondary N) is 1. The molecular weight excluding hydrogens is 230 g/mol. The Morgan fingerprint density at radius 3 is 3.07 bits per heavy atom. The van der Waals surface area contributed by atoms with E-state index in [0.29, 0.717) is 18.3 Å². The van der Waals surface area contributed by atoms with Crippen molar-refractivity contribution in [1.82, 2.24) is 5.32 Å². The standard InChI is InChI=1S/C10H15NO2S2/c12-9(6-11-8-3-4-8)7-15(13)10-2-1-5-14-10/h1-2,5,8-9,11-12H,3-4,6-7H2. The van der Waals surface area contributed by atoms with Crippen LogP contribution < -0.4 is 5.32 Å². The number of aliphatic hydroxyl groups excluding tert-OH is 1. The van der Waals surface area contributed by atoms with Gasteiger partial charge in [-0.15, -0.1) is 11.3 Å². The first-order chi connectivity index (χ1) is 7.25. The average Bonchev–Trinajstić information content (AvgIpc) is 2.87. The Bertz CT molecular complexity index is 322. The molecule has 2 rings (SSSR count). The highest BCUT2D eigenvalue weighted by Crippen LogP contribution is 2.18. The Morgan fingerprint density at radius 1 is 1.67 bits per heavy atom. The van der Waals surface area contributed by atoms with Gasteiger partial charge in [-0.3, -0.25) is 4.21 Å². The van der Waals surface area contributed by atoms with Crippen LogP contribution in [0.4, 0.5) is 0 Å². The third kappa shape index (κ3) is 3.68. The minimum atomic E-state index is -1.05. The van der Waals surface area contributed by atoms with E-state index in [-0.39, 0.29) is 0 Å². The molecule has 1 saturated carbocycles. The lowest BCUT2D eigenvalue weighted by molar-refractivity contribution is 0.194. The lowest BCUT2D eigenvalue weighted by Crippen LogP contribution is -2.32. The number of aliphatic hydroxyl groups is 1. The topological polar surface area (TPSA) is 49.3 Å².